The SMILES string of the molecule is Cc1ccc(NS(=O)(=O)c2c[nH]c3cc(N)ccc23)cn1. The van der Waals surface area contributed by atoms with Gasteiger partial charge in [-0.3, -0.25) is 9.71 Å². The minimum Gasteiger partial charge on any atom is -0.399 e. The largest absolute Gasteiger partial charge is 0.399 e. The summed E-state index contributed by atoms with van der Waals surface area (Å²) in [6.45, 7) is 1.84. The van der Waals surface area contributed by atoms with Crippen molar-refractivity contribution < 1.29 is 8.42 Å². The van der Waals surface area contributed by atoms with Gasteiger partial charge >= 0.3 is 0 Å². The first-order chi connectivity index (χ1) is 9.95. The minimum atomic E-state index is -3.68. The van der Waals surface area contributed by atoms with Gasteiger partial charge in [-0.25, -0.2) is 8.42 Å². The molecule has 108 valence electrons. The molecule has 0 saturated carbocycles. The maximum absolute atomic E-state index is 12.5. The normalized spacial score (nSPS) is 11.7. The molecule has 0 fully saturated rings. The number of aromatic amines is 1. The topological polar surface area (TPSA) is 101 Å². The van der Waals surface area contributed by atoms with Crippen LogP contribution in [0.4, 0.5) is 11.4 Å². The number of rotatable bonds is 3. The average molecular weight is 302 g/mol. The Morgan fingerprint density at radius 2 is 2.05 bits per heavy atom. The van der Waals surface area contributed by atoms with Gasteiger partial charge in [-0.15, -0.1) is 0 Å². The molecule has 0 unspecified atom stereocenters. The second-order valence-corrected chi connectivity index (χ2v) is 6.40. The molecule has 0 amide bonds. The van der Waals surface area contributed by atoms with Crippen molar-refractivity contribution >= 4 is 32.3 Å². The van der Waals surface area contributed by atoms with E-state index in [1.807, 2.05) is 6.92 Å². The number of nitrogens with two attached hydrogens (primary N) is 1. The number of benzene rings is 1. The fourth-order valence-electron chi connectivity index (χ4n) is 2.08. The Hall–Kier alpha value is -2.54. The quantitative estimate of drug-likeness (QED) is 0.646. The number of pyridine rings is 1. The molecule has 7 heteroatoms. The van der Waals surface area contributed by atoms with Crippen LogP contribution in [-0.2, 0) is 10.0 Å². The van der Waals surface area contributed by atoms with Crippen LogP contribution in [0.1, 0.15) is 5.69 Å². The third kappa shape index (κ3) is 2.55. The van der Waals surface area contributed by atoms with Gasteiger partial charge in [-0.1, -0.05) is 0 Å². The van der Waals surface area contributed by atoms with Crippen LogP contribution in [0.3, 0.4) is 0 Å². The van der Waals surface area contributed by atoms with Gasteiger partial charge in [-0.05, 0) is 37.3 Å². The Kier molecular flexibility index (Phi) is 3.06. The average Bonchev–Trinajstić information content (AvgIpc) is 2.85. The molecule has 4 N–H and O–H groups in total. The van der Waals surface area contributed by atoms with Gasteiger partial charge < -0.3 is 10.7 Å². The molecular formula is C14H14N4O2S. The van der Waals surface area contributed by atoms with Crippen LogP contribution in [0.25, 0.3) is 10.9 Å². The second-order valence-electron chi connectivity index (χ2n) is 4.75. The van der Waals surface area contributed by atoms with Gasteiger partial charge in [0.1, 0.15) is 4.90 Å². The van der Waals surface area contributed by atoms with E-state index in [2.05, 4.69) is 14.7 Å². The van der Waals surface area contributed by atoms with E-state index in [4.69, 9.17) is 5.73 Å². The van der Waals surface area contributed by atoms with Gasteiger partial charge in [0, 0.05) is 28.5 Å². The smallest absolute Gasteiger partial charge is 0.264 e. The number of nitrogen functional groups attached to an aromatic ring is 1. The number of hydrogen-bond donors (Lipinski definition) is 3. The Morgan fingerprint density at radius 1 is 1.24 bits per heavy atom. The van der Waals surface area contributed by atoms with Crippen molar-refractivity contribution in [3.63, 3.8) is 0 Å². The Morgan fingerprint density at radius 3 is 2.76 bits per heavy atom. The Bertz CT molecular complexity index is 898. The number of H-pyrrole nitrogens is 1. The first-order valence-electron chi connectivity index (χ1n) is 6.28. The van der Waals surface area contributed by atoms with Crippen LogP contribution in [-0.4, -0.2) is 18.4 Å². The molecule has 0 aliphatic rings. The molecule has 0 radical (unpaired) electrons. The first kappa shape index (κ1) is 13.4. The van der Waals surface area contributed by atoms with Crippen LogP contribution < -0.4 is 10.5 Å². The van der Waals surface area contributed by atoms with Gasteiger partial charge in [0.15, 0.2) is 0 Å². The lowest BCUT2D eigenvalue weighted by Crippen LogP contribution is -2.12. The summed E-state index contributed by atoms with van der Waals surface area (Å²) in [5, 5.41) is 0.594. The molecule has 6 nitrogen and oxygen atoms in total. The highest BCUT2D eigenvalue weighted by atomic mass is 32.2. The van der Waals surface area contributed by atoms with Gasteiger partial charge in [0.25, 0.3) is 10.0 Å². The zero-order valence-electron chi connectivity index (χ0n) is 11.3. The van der Waals surface area contributed by atoms with Crippen LogP contribution in [0.5, 0.6) is 0 Å². The number of nitrogens with zero attached hydrogens (tertiary/aromatic N) is 1. The molecule has 3 rings (SSSR count). The molecule has 0 spiro atoms. The molecule has 2 aromatic heterocycles. The second kappa shape index (κ2) is 4.78. The van der Waals surface area contributed by atoms with Crippen molar-refractivity contribution in [2.45, 2.75) is 11.8 Å². The van der Waals surface area contributed by atoms with Crippen LogP contribution in [0.15, 0.2) is 47.6 Å². The fourth-order valence-corrected chi connectivity index (χ4v) is 3.30. The summed E-state index contributed by atoms with van der Waals surface area (Å²) in [6.07, 6.45) is 2.94. The van der Waals surface area contributed by atoms with E-state index in [0.29, 0.717) is 22.3 Å². The summed E-state index contributed by atoms with van der Waals surface area (Å²) in [4.78, 5) is 7.16. The lowest BCUT2D eigenvalue weighted by atomic mass is 10.2. The van der Waals surface area contributed by atoms with Gasteiger partial charge in [-0.2, -0.15) is 0 Å². The molecule has 21 heavy (non-hydrogen) atoms. The van der Waals surface area contributed by atoms with Crippen LogP contribution >= 0.6 is 0 Å². The van der Waals surface area contributed by atoms with Crippen LogP contribution in [0.2, 0.25) is 0 Å². The van der Waals surface area contributed by atoms with E-state index < -0.39 is 10.0 Å². The maximum atomic E-state index is 12.5. The van der Waals surface area contributed by atoms with Gasteiger partial charge in [0.05, 0.1) is 11.9 Å². The van der Waals surface area contributed by atoms with Crippen molar-refractivity contribution in [3.05, 3.63) is 48.4 Å². The van der Waals surface area contributed by atoms with Crippen molar-refractivity contribution in [2.75, 3.05) is 10.5 Å². The molecule has 0 aliphatic carbocycles. The predicted molar refractivity (Wildman–Crippen MR) is 82.5 cm³/mol. The highest BCUT2D eigenvalue weighted by molar-refractivity contribution is 7.93. The summed E-state index contributed by atoms with van der Waals surface area (Å²) in [5.74, 6) is 0. The molecule has 2 heterocycles. The number of nitrogens with one attached hydrogen (secondary N) is 2. The fraction of sp³-hybridized carbons (Fsp3) is 0.0714. The number of aromatic nitrogens is 2. The van der Waals surface area contributed by atoms with E-state index in [-0.39, 0.29) is 4.90 Å². The Balaban J connectivity index is 2.02. The highest BCUT2D eigenvalue weighted by Crippen LogP contribution is 2.26. The maximum Gasteiger partial charge on any atom is 0.264 e. The number of sulfonamides is 1. The highest BCUT2D eigenvalue weighted by Gasteiger charge is 2.19. The van der Waals surface area contributed by atoms with Crippen molar-refractivity contribution in [1.29, 1.82) is 0 Å². The molecule has 0 bridgehead atoms. The number of hydrogen-bond acceptors (Lipinski definition) is 4. The Labute approximate surface area is 122 Å². The van der Waals surface area contributed by atoms with Crippen LogP contribution in [0, 0.1) is 6.92 Å². The monoisotopic (exact) mass is 302 g/mol. The molecular weight excluding hydrogens is 288 g/mol. The zero-order chi connectivity index (χ0) is 15.0. The molecule has 0 aliphatic heterocycles. The third-order valence-corrected chi connectivity index (χ3v) is 4.54. The van der Waals surface area contributed by atoms with E-state index >= 15 is 0 Å². The molecule has 0 atom stereocenters. The number of aryl methyl sites for hydroxylation is 1. The minimum absolute atomic E-state index is 0.179. The lowest BCUT2D eigenvalue weighted by Gasteiger charge is -2.07. The van der Waals surface area contributed by atoms with Crippen molar-refractivity contribution in [1.82, 2.24) is 9.97 Å². The number of anilines is 2. The molecule has 3 aromatic rings. The predicted octanol–water partition coefficient (Wildman–Crippen LogP) is 2.25. The van der Waals surface area contributed by atoms with E-state index in [9.17, 15) is 8.42 Å². The summed E-state index contributed by atoms with van der Waals surface area (Å²) in [5.41, 5.74) is 8.18. The zero-order valence-corrected chi connectivity index (χ0v) is 12.1. The molecule has 0 saturated heterocycles. The summed E-state index contributed by atoms with van der Waals surface area (Å²) in [7, 11) is -3.68. The summed E-state index contributed by atoms with van der Waals surface area (Å²) >= 11 is 0. The van der Waals surface area contributed by atoms with E-state index in [1.54, 1.807) is 30.3 Å². The third-order valence-electron chi connectivity index (χ3n) is 3.12. The molecule has 1 aromatic carbocycles. The lowest BCUT2D eigenvalue weighted by molar-refractivity contribution is 0.602. The van der Waals surface area contributed by atoms with Crippen molar-refractivity contribution in [2.24, 2.45) is 0 Å². The summed E-state index contributed by atoms with van der Waals surface area (Å²) < 4.78 is 27.4. The van der Waals surface area contributed by atoms with Crippen molar-refractivity contribution in [3.8, 4) is 0 Å². The van der Waals surface area contributed by atoms with E-state index in [0.717, 1.165) is 5.69 Å². The summed E-state index contributed by atoms with van der Waals surface area (Å²) in [6, 6.07) is 8.47. The van der Waals surface area contributed by atoms with E-state index in [1.165, 1.54) is 12.4 Å². The first-order valence-corrected chi connectivity index (χ1v) is 7.76. The van der Waals surface area contributed by atoms with Gasteiger partial charge in [0.2, 0.25) is 0 Å². The number of fused-ring (bicyclic) bond motifs is 1. The standard InChI is InChI=1S/C14H14N4O2S/c1-9-2-4-11(7-16-9)18-21(19,20)14-8-17-13-6-10(15)3-5-12(13)14/h2-8,17-18H,15H2,1H3.